The predicted octanol–water partition coefficient (Wildman–Crippen LogP) is -0.759. The maximum Gasteiger partial charge on any atom is 0.297 e. The molecule has 0 aliphatic heterocycles. The van der Waals surface area contributed by atoms with Gasteiger partial charge in [0, 0.05) is 0 Å². The quantitative estimate of drug-likeness (QED) is 0.312. The Labute approximate surface area is 174 Å². The Bertz CT molecular complexity index is 910. The molecule has 0 aliphatic rings. The van der Waals surface area contributed by atoms with E-state index in [1.165, 1.54) is 48.5 Å². The number of benzene rings is 2. The molecule has 0 saturated heterocycles. The smallest absolute Gasteiger partial charge is 0.297 e. The van der Waals surface area contributed by atoms with Gasteiger partial charge in [0.2, 0.25) is 0 Å². The molecule has 0 heterocycles. The molecule has 0 bridgehead atoms. The molecule has 0 aliphatic carbocycles. The topological polar surface area (TPSA) is 168 Å². The van der Waals surface area contributed by atoms with Crippen LogP contribution in [0.5, 0.6) is 0 Å². The molecule has 0 radical (unpaired) electrons. The summed E-state index contributed by atoms with van der Waals surface area (Å²) in [5.41, 5.74) is 0. The maximum absolute atomic E-state index is 12.0. The van der Waals surface area contributed by atoms with E-state index in [4.69, 9.17) is 0 Å². The van der Waals surface area contributed by atoms with Crippen LogP contribution in [-0.2, 0) is 28.6 Å². The summed E-state index contributed by atoms with van der Waals surface area (Å²) in [6.07, 6.45) is -7.90. The SMILES string of the molecule is O=S(=O)(OC[C@@H](O)[C@H](O)[C@H](O)[C@H](O)COS(=O)(=O)c1ccccc1)c1ccccc1. The Balaban J connectivity index is 1.90. The maximum atomic E-state index is 12.0. The lowest BCUT2D eigenvalue weighted by atomic mass is 10.0. The van der Waals surface area contributed by atoms with Gasteiger partial charge in [0.05, 0.1) is 23.0 Å². The first-order valence-electron chi connectivity index (χ1n) is 8.66. The Kier molecular flexibility index (Phi) is 8.46. The zero-order valence-corrected chi connectivity index (χ0v) is 17.2. The Morgan fingerprint density at radius 1 is 0.600 bits per heavy atom. The van der Waals surface area contributed by atoms with E-state index in [0.717, 1.165) is 0 Å². The third-order valence-electron chi connectivity index (χ3n) is 3.99. The van der Waals surface area contributed by atoms with E-state index in [1.807, 2.05) is 0 Å². The largest absolute Gasteiger partial charge is 0.388 e. The summed E-state index contributed by atoms with van der Waals surface area (Å²) in [5.74, 6) is 0. The van der Waals surface area contributed by atoms with Crippen LogP contribution in [0.25, 0.3) is 0 Å². The van der Waals surface area contributed by atoms with Crippen molar-refractivity contribution in [3.63, 3.8) is 0 Å². The molecule has 0 amide bonds. The van der Waals surface area contributed by atoms with Crippen LogP contribution in [0.3, 0.4) is 0 Å². The highest BCUT2D eigenvalue weighted by atomic mass is 32.2. The molecule has 10 nitrogen and oxygen atoms in total. The molecule has 0 spiro atoms. The number of aliphatic hydroxyl groups is 4. The highest BCUT2D eigenvalue weighted by Gasteiger charge is 2.33. The van der Waals surface area contributed by atoms with Crippen molar-refractivity contribution < 1.29 is 45.6 Å². The summed E-state index contributed by atoms with van der Waals surface area (Å²) in [4.78, 5) is -0.349. The van der Waals surface area contributed by atoms with Crippen LogP contribution in [0.4, 0.5) is 0 Å². The summed E-state index contributed by atoms with van der Waals surface area (Å²) in [5, 5.41) is 39.6. The lowest BCUT2D eigenvalue weighted by molar-refractivity contribution is -0.118. The van der Waals surface area contributed by atoms with E-state index < -0.39 is 57.9 Å². The van der Waals surface area contributed by atoms with Crippen molar-refractivity contribution in [2.45, 2.75) is 34.2 Å². The second-order valence-corrected chi connectivity index (χ2v) is 9.45. The molecule has 30 heavy (non-hydrogen) atoms. The van der Waals surface area contributed by atoms with Crippen LogP contribution >= 0.6 is 0 Å². The van der Waals surface area contributed by atoms with Crippen LogP contribution in [0.1, 0.15) is 0 Å². The molecule has 2 rings (SSSR count). The summed E-state index contributed by atoms with van der Waals surface area (Å²) in [6.45, 7) is -1.82. The molecule has 2 aromatic carbocycles. The van der Waals surface area contributed by atoms with Gasteiger partial charge in [-0.1, -0.05) is 36.4 Å². The first kappa shape index (κ1) is 24.4. The van der Waals surface area contributed by atoms with Gasteiger partial charge in [-0.25, -0.2) is 0 Å². The summed E-state index contributed by atoms with van der Waals surface area (Å²) in [7, 11) is -8.43. The molecular formula is C18H22O10S2. The van der Waals surface area contributed by atoms with Gasteiger partial charge >= 0.3 is 0 Å². The summed E-state index contributed by atoms with van der Waals surface area (Å²) < 4.78 is 57.3. The highest BCUT2D eigenvalue weighted by Crippen LogP contribution is 2.15. The molecule has 0 fully saturated rings. The normalized spacial score (nSPS) is 16.5. The standard InChI is InChI=1S/C18H22O10S2/c19-15(11-27-29(23,24)13-7-3-1-4-8-13)17(21)18(22)16(20)12-28-30(25,26)14-9-5-2-6-10-14/h1-10,15-22H,11-12H2/t15-,16-,17-,18+/m1/s1. The minimum absolute atomic E-state index is 0.174. The van der Waals surface area contributed by atoms with Gasteiger partial charge in [-0.3, -0.25) is 8.37 Å². The van der Waals surface area contributed by atoms with Crippen molar-refractivity contribution in [2.24, 2.45) is 0 Å². The Hall–Kier alpha value is -1.90. The van der Waals surface area contributed by atoms with Crippen LogP contribution in [0.15, 0.2) is 70.5 Å². The monoisotopic (exact) mass is 462 g/mol. The van der Waals surface area contributed by atoms with Gasteiger partial charge in [-0.05, 0) is 24.3 Å². The van der Waals surface area contributed by atoms with E-state index in [-0.39, 0.29) is 9.79 Å². The molecule has 0 saturated carbocycles. The molecule has 0 aromatic heterocycles. The Morgan fingerprint density at radius 3 is 1.20 bits per heavy atom. The molecular weight excluding hydrogens is 440 g/mol. The average Bonchev–Trinajstić information content (AvgIpc) is 2.76. The van der Waals surface area contributed by atoms with Crippen molar-refractivity contribution in [3.8, 4) is 0 Å². The number of aliphatic hydroxyl groups excluding tert-OH is 4. The van der Waals surface area contributed by atoms with Crippen LogP contribution in [0, 0.1) is 0 Å². The minimum atomic E-state index is -4.21. The zero-order valence-electron chi connectivity index (χ0n) is 15.6. The van der Waals surface area contributed by atoms with Crippen LogP contribution in [-0.4, -0.2) is 74.9 Å². The van der Waals surface area contributed by atoms with Gasteiger partial charge in [0.15, 0.2) is 0 Å². The van der Waals surface area contributed by atoms with E-state index in [2.05, 4.69) is 8.37 Å². The third kappa shape index (κ3) is 6.55. The number of rotatable bonds is 11. The fourth-order valence-electron chi connectivity index (χ4n) is 2.28. The number of hydrogen-bond acceptors (Lipinski definition) is 10. The fraction of sp³-hybridized carbons (Fsp3) is 0.333. The molecule has 12 heteroatoms. The third-order valence-corrected chi connectivity index (χ3v) is 6.58. The molecule has 0 unspecified atom stereocenters. The first-order chi connectivity index (χ1) is 14.0. The van der Waals surface area contributed by atoms with Crippen LogP contribution in [0.2, 0.25) is 0 Å². The molecule has 166 valence electrons. The molecule has 2 aromatic rings. The second kappa shape index (κ2) is 10.4. The van der Waals surface area contributed by atoms with Crippen LogP contribution < -0.4 is 0 Å². The lowest BCUT2D eigenvalue weighted by Gasteiger charge is -2.26. The molecule has 4 N–H and O–H groups in total. The van der Waals surface area contributed by atoms with Gasteiger partial charge in [0.25, 0.3) is 20.2 Å². The zero-order chi connectivity index (χ0) is 22.4. The molecule has 4 atom stereocenters. The number of hydrogen-bond donors (Lipinski definition) is 4. The predicted molar refractivity (Wildman–Crippen MR) is 103 cm³/mol. The van der Waals surface area contributed by atoms with Gasteiger partial charge in [-0.15, -0.1) is 0 Å². The van der Waals surface area contributed by atoms with E-state index >= 15 is 0 Å². The van der Waals surface area contributed by atoms with Gasteiger partial charge < -0.3 is 20.4 Å². The fourth-order valence-corrected chi connectivity index (χ4v) is 4.17. The summed E-state index contributed by atoms with van der Waals surface area (Å²) in [6, 6.07) is 14.1. The van der Waals surface area contributed by atoms with Gasteiger partial charge in [-0.2, -0.15) is 16.8 Å². The highest BCUT2D eigenvalue weighted by molar-refractivity contribution is 7.87. The van der Waals surface area contributed by atoms with Crippen molar-refractivity contribution in [2.75, 3.05) is 13.2 Å². The van der Waals surface area contributed by atoms with E-state index in [0.29, 0.717) is 0 Å². The van der Waals surface area contributed by atoms with Crippen molar-refractivity contribution in [1.29, 1.82) is 0 Å². The summed E-state index contributed by atoms with van der Waals surface area (Å²) >= 11 is 0. The van der Waals surface area contributed by atoms with Crippen molar-refractivity contribution in [1.82, 2.24) is 0 Å². The average molecular weight is 462 g/mol. The minimum Gasteiger partial charge on any atom is -0.388 e. The van der Waals surface area contributed by atoms with E-state index in [9.17, 15) is 37.3 Å². The first-order valence-corrected chi connectivity index (χ1v) is 11.5. The van der Waals surface area contributed by atoms with Crippen molar-refractivity contribution in [3.05, 3.63) is 60.7 Å². The van der Waals surface area contributed by atoms with Crippen molar-refractivity contribution >= 4 is 20.2 Å². The second-order valence-electron chi connectivity index (χ2n) is 6.22. The lowest BCUT2D eigenvalue weighted by Crippen LogP contribution is -2.48. The van der Waals surface area contributed by atoms with Gasteiger partial charge in [0.1, 0.15) is 24.4 Å². The van der Waals surface area contributed by atoms with E-state index in [1.54, 1.807) is 12.1 Å². The Morgan fingerprint density at radius 2 is 0.900 bits per heavy atom.